The van der Waals surface area contributed by atoms with Gasteiger partial charge in [0.25, 0.3) is 0 Å². The number of unbranched alkanes of at least 4 members (excludes halogenated alkanes) is 46. The van der Waals surface area contributed by atoms with E-state index in [2.05, 4.69) is 43.5 Å². The number of amides is 1. The van der Waals surface area contributed by atoms with Gasteiger partial charge < -0.3 is 20.3 Å². The van der Waals surface area contributed by atoms with Gasteiger partial charge in [-0.1, -0.05) is 314 Å². The zero-order chi connectivity index (χ0) is 52.2. The van der Waals surface area contributed by atoms with Gasteiger partial charge in [-0.25, -0.2) is 0 Å². The van der Waals surface area contributed by atoms with Crippen LogP contribution in [0.3, 0.4) is 0 Å². The van der Waals surface area contributed by atoms with E-state index in [-0.39, 0.29) is 18.5 Å². The van der Waals surface area contributed by atoms with Crippen LogP contribution in [-0.2, 0) is 14.3 Å². The fraction of sp³-hybridized carbons (Fsp3) is 0.909. The van der Waals surface area contributed by atoms with Crippen LogP contribution in [0.2, 0.25) is 0 Å². The number of aliphatic hydroxyl groups is 2. The minimum absolute atomic E-state index is 0.00130. The van der Waals surface area contributed by atoms with Crippen LogP contribution >= 0.6 is 0 Å². The summed E-state index contributed by atoms with van der Waals surface area (Å²) in [5.41, 5.74) is 0. The third-order valence-electron chi connectivity index (χ3n) is 15.3. The van der Waals surface area contributed by atoms with E-state index >= 15 is 0 Å². The van der Waals surface area contributed by atoms with Gasteiger partial charge in [-0.05, 0) is 57.8 Å². The van der Waals surface area contributed by atoms with Gasteiger partial charge in [0.2, 0.25) is 5.91 Å². The van der Waals surface area contributed by atoms with Crippen molar-refractivity contribution in [1.82, 2.24) is 5.32 Å². The Morgan fingerprint density at radius 3 is 1.08 bits per heavy atom. The molecule has 0 heterocycles. The largest absolute Gasteiger partial charge is 0.466 e. The van der Waals surface area contributed by atoms with E-state index in [1.807, 2.05) is 0 Å². The highest BCUT2D eigenvalue weighted by molar-refractivity contribution is 5.76. The Balaban J connectivity index is 3.39. The van der Waals surface area contributed by atoms with Gasteiger partial charge in [0.05, 0.1) is 25.4 Å². The predicted octanol–water partition coefficient (Wildman–Crippen LogP) is 20.6. The van der Waals surface area contributed by atoms with Crippen LogP contribution in [0.1, 0.15) is 361 Å². The van der Waals surface area contributed by atoms with Crippen molar-refractivity contribution in [2.45, 2.75) is 373 Å². The number of allylic oxidation sites excluding steroid dienone is 4. The van der Waals surface area contributed by atoms with E-state index in [9.17, 15) is 19.8 Å². The number of nitrogens with one attached hydrogen (secondary N) is 1. The molecule has 3 N–H and O–H groups in total. The van der Waals surface area contributed by atoms with Crippen LogP contribution in [0.25, 0.3) is 0 Å². The summed E-state index contributed by atoms with van der Waals surface area (Å²) in [5.74, 6) is -0.0341. The van der Waals surface area contributed by atoms with Gasteiger partial charge in [-0.3, -0.25) is 9.59 Å². The van der Waals surface area contributed by atoms with E-state index in [4.69, 9.17) is 4.74 Å². The summed E-state index contributed by atoms with van der Waals surface area (Å²) in [6, 6.07) is -0.543. The average Bonchev–Trinajstić information content (AvgIpc) is 3.38. The Labute approximate surface area is 450 Å². The maximum absolute atomic E-state index is 12.5. The van der Waals surface area contributed by atoms with Gasteiger partial charge in [0.15, 0.2) is 0 Å². The standard InChI is InChI=1S/C66H127NO5/c1-3-5-7-9-11-13-15-17-19-20-24-27-31-34-38-42-46-50-54-58-64(69)63(62-68)67-65(70)59-55-51-47-43-39-35-32-28-25-22-21-23-26-29-33-37-41-45-49-53-57-61-72-66(71)60-56-52-48-44-40-36-30-18-16-14-12-10-8-6-4-2/h12,14,18,30,63-64,68-69H,3-11,13,15-17,19-29,31-62H2,1-2H3,(H,67,70)/b14-12-,30-18-. The number of carbonyl (C=O) groups is 2. The fourth-order valence-corrected chi connectivity index (χ4v) is 10.3. The molecule has 0 aliphatic heterocycles. The second kappa shape index (κ2) is 61.9. The normalized spacial score (nSPS) is 12.7. The quantitative estimate of drug-likeness (QED) is 0.0320. The molecule has 1 amide bonds. The molecule has 72 heavy (non-hydrogen) atoms. The van der Waals surface area contributed by atoms with E-state index in [0.29, 0.717) is 25.9 Å². The summed E-state index contributed by atoms with van der Waals surface area (Å²) < 4.78 is 5.48. The molecule has 6 nitrogen and oxygen atoms in total. The van der Waals surface area contributed by atoms with Crippen molar-refractivity contribution >= 4 is 11.9 Å². The van der Waals surface area contributed by atoms with Crippen LogP contribution in [-0.4, -0.2) is 47.4 Å². The lowest BCUT2D eigenvalue weighted by Gasteiger charge is -2.22. The monoisotopic (exact) mass is 1010 g/mol. The first kappa shape index (κ1) is 70.3. The summed E-state index contributed by atoms with van der Waals surface area (Å²) >= 11 is 0. The van der Waals surface area contributed by atoms with Gasteiger partial charge in [0, 0.05) is 12.8 Å². The molecule has 2 atom stereocenters. The van der Waals surface area contributed by atoms with Crippen molar-refractivity contribution in [2.75, 3.05) is 13.2 Å². The van der Waals surface area contributed by atoms with E-state index in [1.165, 1.54) is 276 Å². The van der Waals surface area contributed by atoms with Crippen molar-refractivity contribution in [3.63, 3.8) is 0 Å². The highest BCUT2D eigenvalue weighted by Gasteiger charge is 2.20. The number of esters is 1. The Kier molecular flexibility index (Phi) is 60.5. The first-order valence-corrected chi connectivity index (χ1v) is 32.6. The molecule has 0 radical (unpaired) electrons. The van der Waals surface area contributed by atoms with Crippen molar-refractivity contribution < 1.29 is 24.5 Å². The molecule has 6 heteroatoms. The number of carbonyl (C=O) groups excluding carboxylic acids is 2. The lowest BCUT2D eigenvalue weighted by atomic mass is 10.0. The van der Waals surface area contributed by atoms with Crippen molar-refractivity contribution in [2.24, 2.45) is 0 Å². The summed E-state index contributed by atoms with van der Waals surface area (Å²) in [7, 11) is 0. The summed E-state index contributed by atoms with van der Waals surface area (Å²) in [6.45, 7) is 4.95. The molecule has 426 valence electrons. The van der Waals surface area contributed by atoms with Crippen LogP contribution in [0.15, 0.2) is 24.3 Å². The molecular formula is C66H127NO5. The summed E-state index contributed by atoms with van der Waals surface area (Å²) in [4.78, 5) is 24.6. The lowest BCUT2D eigenvalue weighted by molar-refractivity contribution is -0.143. The van der Waals surface area contributed by atoms with Gasteiger partial charge in [0.1, 0.15) is 0 Å². The first-order valence-electron chi connectivity index (χ1n) is 32.6. The molecule has 0 aliphatic carbocycles. The Morgan fingerprint density at radius 1 is 0.389 bits per heavy atom. The summed E-state index contributed by atoms with van der Waals surface area (Å²) in [5, 5.41) is 23.4. The smallest absolute Gasteiger partial charge is 0.305 e. The van der Waals surface area contributed by atoms with E-state index < -0.39 is 12.1 Å². The number of hydrogen-bond acceptors (Lipinski definition) is 5. The fourth-order valence-electron chi connectivity index (χ4n) is 10.3. The third-order valence-corrected chi connectivity index (χ3v) is 15.3. The van der Waals surface area contributed by atoms with Crippen molar-refractivity contribution in [3.05, 3.63) is 24.3 Å². The number of ether oxygens (including phenoxy) is 1. The molecule has 0 rings (SSSR count). The topological polar surface area (TPSA) is 95.9 Å². The van der Waals surface area contributed by atoms with Crippen LogP contribution < -0.4 is 5.32 Å². The SMILES string of the molecule is CCCCC/C=C\C/C=C\CCCCCCCC(=O)OCCCCCCCCCCCCCCCCCCCCCCCC(=O)NC(CO)C(O)CCCCCCCCCCCCCCCCCCCCC. The third kappa shape index (κ3) is 57.6. The summed E-state index contributed by atoms with van der Waals surface area (Å²) in [6.07, 6.45) is 76.2. The molecule has 0 aromatic carbocycles. The highest BCUT2D eigenvalue weighted by atomic mass is 16.5. The van der Waals surface area contributed by atoms with Crippen molar-refractivity contribution in [3.8, 4) is 0 Å². The maximum atomic E-state index is 12.5. The maximum Gasteiger partial charge on any atom is 0.305 e. The van der Waals surface area contributed by atoms with Crippen LogP contribution in [0, 0.1) is 0 Å². The van der Waals surface area contributed by atoms with E-state index in [0.717, 1.165) is 51.4 Å². The zero-order valence-corrected chi connectivity index (χ0v) is 48.7. The number of rotatable bonds is 61. The molecule has 0 aromatic heterocycles. The molecular weight excluding hydrogens is 887 g/mol. The molecule has 0 fully saturated rings. The number of aliphatic hydroxyl groups excluding tert-OH is 2. The van der Waals surface area contributed by atoms with Crippen LogP contribution in [0.5, 0.6) is 0 Å². The molecule has 0 aromatic rings. The van der Waals surface area contributed by atoms with Crippen molar-refractivity contribution in [1.29, 1.82) is 0 Å². The predicted molar refractivity (Wildman–Crippen MR) is 315 cm³/mol. The molecule has 0 spiro atoms. The minimum Gasteiger partial charge on any atom is -0.466 e. The number of hydrogen-bond donors (Lipinski definition) is 3. The van der Waals surface area contributed by atoms with Gasteiger partial charge in [-0.2, -0.15) is 0 Å². The van der Waals surface area contributed by atoms with E-state index in [1.54, 1.807) is 0 Å². The highest BCUT2D eigenvalue weighted by Crippen LogP contribution is 2.18. The van der Waals surface area contributed by atoms with Gasteiger partial charge >= 0.3 is 5.97 Å². The van der Waals surface area contributed by atoms with Gasteiger partial charge in [-0.15, -0.1) is 0 Å². The Morgan fingerprint density at radius 2 is 0.694 bits per heavy atom. The van der Waals surface area contributed by atoms with Crippen LogP contribution in [0.4, 0.5) is 0 Å². The molecule has 0 saturated carbocycles. The minimum atomic E-state index is -0.666. The molecule has 2 unspecified atom stereocenters. The second-order valence-corrected chi connectivity index (χ2v) is 22.5. The average molecular weight is 1010 g/mol. The zero-order valence-electron chi connectivity index (χ0n) is 48.7. The molecule has 0 aliphatic rings. The lowest BCUT2D eigenvalue weighted by Crippen LogP contribution is -2.45. The first-order chi connectivity index (χ1) is 35.5. The Hall–Kier alpha value is -1.66. The molecule has 0 saturated heterocycles. The Bertz CT molecular complexity index is 1120. The molecule has 0 bridgehead atoms. The second-order valence-electron chi connectivity index (χ2n) is 22.5.